The van der Waals surface area contributed by atoms with Gasteiger partial charge >= 0.3 is 5.97 Å². The summed E-state index contributed by atoms with van der Waals surface area (Å²) in [5.41, 5.74) is 5.49. The van der Waals surface area contributed by atoms with Crippen molar-refractivity contribution in [3.63, 3.8) is 0 Å². The van der Waals surface area contributed by atoms with Crippen LogP contribution in [0, 0.1) is 17.8 Å². The Morgan fingerprint density at radius 2 is 2.00 bits per heavy atom. The van der Waals surface area contributed by atoms with Crippen molar-refractivity contribution in [1.29, 1.82) is 0 Å². The maximum atomic E-state index is 12.6. The Morgan fingerprint density at radius 1 is 1.13 bits per heavy atom. The fourth-order valence-corrected chi connectivity index (χ4v) is 9.49. The molecule has 3 aliphatic carbocycles. The molecule has 1 saturated carbocycles. The summed E-state index contributed by atoms with van der Waals surface area (Å²) in [6.45, 7) is 2.31. The Hall–Kier alpha value is -3.07. The van der Waals surface area contributed by atoms with Gasteiger partial charge in [-0.3, -0.25) is 0 Å². The van der Waals surface area contributed by atoms with Crippen molar-refractivity contribution in [3.8, 4) is 5.75 Å². The lowest BCUT2D eigenvalue weighted by atomic mass is 9.66. The van der Waals surface area contributed by atoms with E-state index in [2.05, 4.69) is 33.1 Å². The monoisotopic (exact) mass is 673 g/mol. The Kier molecular flexibility index (Phi) is 9.81. The molecule has 5 atom stereocenters. The number of thioether (sulfide) groups is 1. The van der Waals surface area contributed by atoms with E-state index in [1.165, 1.54) is 30.2 Å². The number of ether oxygens (including phenoxy) is 3. The summed E-state index contributed by atoms with van der Waals surface area (Å²) in [6, 6.07) is 14.0. The summed E-state index contributed by atoms with van der Waals surface area (Å²) < 4.78 is 18.0. The van der Waals surface area contributed by atoms with Crippen LogP contribution in [-0.4, -0.2) is 61.7 Å². The first-order chi connectivity index (χ1) is 23.0. The highest BCUT2D eigenvalue weighted by atomic mass is 35.5. The predicted molar refractivity (Wildman–Crippen MR) is 187 cm³/mol. The van der Waals surface area contributed by atoms with Crippen LogP contribution in [0.4, 0.5) is 5.69 Å². The summed E-state index contributed by atoms with van der Waals surface area (Å²) in [6.07, 6.45) is 15.0. The molecule has 1 aliphatic heterocycles. The number of hydrogen-bond acceptors (Lipinski definition) is 8. The molecular formula is C38H44ClN3O4S. The molecule has 2 heterocycles. The second-order valence-electron chi connectivity index (χ2n) is 13.7. The number of benzene rings is 2. The van der Waals surface area contributed by atoms with E-state index in [1.54, 1.807) is 11.8 Å². The lowest BCUT2D eigenvalue weighted by molar-refractivity contribution is 0.00323. The highest BCUT2D eigenvalue weighted by Gasteiger charge is 2.45. The number of methoxy groups -OCH3 is 2. The van der Waals surface area contributed by atoms with Crippen molar-refractivity contribution in [2.45, 2.75) is 68.0 Å². The zero-order chi connectivity index (χ0) is 32.4. The molecule has 0 N–H and O–H groups in total. The number of carbonyl (C=O) groups excluding carboxylic acids is 1. The second kappa shape index (κ2) is 14.2. The highest BCUT2D eigenvalue weighted by Crippen LogP contribution is 2.48. The molecule has 0 amide bonds. The number of aryl methyl sites for hydroxylation is 1. The molecule has 3 aromatic rings. The molecule has 9 heteroatoms. The number of aromatic nitrogens is 2. The molecule has 1 fully saturated rings. The summed E-state index contributed by atoms with van der Waals surface area (Å²) in [5, 5.41) is 1.64. The number of esters is 1. The number of carbonyl (C=O) groups is 1. The molecule has 1 aromatic heterocycles. The minimum Gasteiger partial charge on any atom is -0.490 e. The van der Waals surface area contributed by atoms with Gasteiger partial charge in [0.05, 0.1) is 31.1 Å². The Morgan fingerprint density at radius 3 is 2.74 bits per heavy atom. The molecule has 0 bridgehead atoms. The van der Waals surface area contributed by atoms with Crippen LogP contribution in [0.5, 0.6) is 5.75 Å². The SMILES string of the molecule is COC(=O)c1ccc2c(c1)N(C[C@@H]1CC[C@H]1C(OC)C1=CC[C@@H](CSc3ncccn3)CC1)CC1(CCCc3cc(Cl)ccc31)CO2. The lowest BCUT2D eigenvalue weighted by Gasteiger charge is -2.47. The molecule has 7 rings (SSSR count). The zero-order valence-corrected chi connectivity index (χ0v) is 28.9. The first-order valence-electron chi connectivity index (χ1n) is 17.0. The van der Waals surface area contributed by atoms with E-state index in [9.17, 15) is 4.79 Å². The molecule has 2 aromatic carbocycles. The Balaban J connectivity index is 1.11. The van der Waals surface area contributed by atoms with Crippen molar-refractivity contribution in [3.05, 3.63) is 88.2 Å². The first-order valence-corrected chi connectivity index (χ1v) is 18.3. The van der Waals surface area contributed by atoms with Crippen LogP contribution in [0.3, 0.4) is 0 Å². The van der Waals surface area contributed by atoms with Crippen LogP contribution < -0.4 is 9.64 Å². The van der Waals surface area contributed by atoms with E-state index in [1.807, 2.05) is 49.8 Å². The van der Waals surface area contributed by atoms with Crippen LogP contribution >= 0.6 is 23.4 Å². The Bertz CT molecular complexity index is 1620. The third kappa shape index (κ3) is 6.79. The number of allylic oxidation sites excluding steroid dienone is 1. The summed E-state index contributed by atoms with van der Waals surface area (Å²) in [4.78, 5) is 23.9. The van der Waals surface area contributed by atoms with Gasteiger partial charge in [-0.05, 0) is 122 Å². The summed E-state index contributed by atoms with van der Waals surface area (Å²) in [5.74, 6) is 3.10. The Labute approximate surface area is 287 Å². The minimum atomic E-state index is -0.331. The van der Waals surface area contributed by atoms with Gasteiger partial charge in [-0.25, -0.2) is 14.8 Å². The van der Waals surface area contributed by atoms with Gasteiger partial charge in [-0.15, -0.1) is 0 Å². The lowest BCUT2D eigenvalue weighted by Crippen LogP contribution is -2.50. The van der Waals surface area contributed by atoms with E-state index in [0.29, 0.717) is 29.9 Å². The maximum Gasteiger partial charge on any atom is 0.337 e. The van der Waals surface area contributed by atoms with Gasteiger partial charge in [0, 0.05) is 48.8 Å². The molecule has 0 saturated heterocycles. The number of halogens is 1. The van der Waals surface area contributed by atoms with Crippen LogP contribution in [0.1, 0.15) is 66.4 Å². The summed E-state index contributed by atoms with van der Waals surface area (Å²) >= 11 is 8.21. The smallest absolute Gasteiger partial charge is 0.337 e. The molecule has 47 heavy (non-hydrogen) atoms. The molecule has 4 aliphatic rings. The third-order valence-corrected chi connectivity index (χ3v) is 12.3. The number of anilines is 1. The highest BCUT2D eigenvalue weighted by molar-refractivity contribution is 7.99. The minimum absolute atomic E-state index is 0.135. The molecule has 7 nitrogen and oxygen atoms in total. The fourth-order valence-electron chi connectivity index (χ4n) is 8.33. The van der Waals surface area contributed by atoms with E-state index in [0.717, 1.165) is 85.4 Å². The van der Waals surface area contributed by atoms with Gasteiger partial charge in [0.1, 0.15) is 5.75 Å². The number of hydrogen-bond donors (Lipinski definition) is 0. The quantitative estimate of drug-likeness (QED) is 0.0981. The van der Waals surface area contributed by atoms with Gasteiger partial charge in [0.15, 0.2) is 5.16 Å². The molecule has 248 valence electrons. The molecule has 2 unspecified atom stereocenters. The van der Waals surface area contributed by atoms with E-state index < -0.39 is 0 Å². The molecule has 0 radical (unpaired) electrons. The van der Waals surface area contributed by atoms with E-state index >= 15 is 0 Å². The van der Waals surface area contributed by atoms with Crippen LogP contribution in [0.15, 0.2) is 71.7 Å². The van der Waals surface area contributed by atoms with Gasteiger partial charge in [-0.1, -0.05) is 35.5 Å². The topological polar surface area (TPSA) is 73.8 Å². The normalized spacial score (nSPS) is 25.8. The van der Waals surface area contributed by atoms with Gasteiger partial charge in [-0.2, -0.15) is 0 Å². The number of nitrogens with zero attached hydrogens (tertiary/aromatic N) is 3. The third-order valence-electron chi connectivity index (χ3n) is 10.9. The van der Waals surface area contributed by atoms with Gasteiger partial charge < -0.3 is 19.1 Å². The maximum absolute atomic E-state index is 12.6. The van der Waals surface area contributed by atoms with Crippen LogP contribution in [-0.2, 0) is 21.3 Å². The predicted octanol–water partition coefficient (Wildman–Crippen LogP) is 7.95. The summed E-state index contributed by atoms with van der Waals surface area (Å²) in [7, 11) is 3.32. The standard InChI is InChI=1S/C38H44ClN3O4S/c1-44-35(26-8-6-25(7-9-26)22-47-37-40-17-4-18-41-37)31-13-10-29(31)21-42-23-38(16-3-5-27-19-30(39)12-14-32(27)38)24-46-34-15-11-28(20-33(34)42)36(43)45-2/h4,8,11-12,14-15,17-20,25,29,31,35H,3,5-7,9-10,13,16,21-24H2,1-2H3/t25-,29+,31-,35?,38?/m1/s1. The van der Waals surface area contributed by atoms with Gasteiger partial charge in [0.25, 0.3) is 0 Å². The fraction of sp³-hybridized carbons (Fsp3) is 0.500. The first kappa shape index (κ1) is 32.5. The zero-order valence-electron chi connectivity index (χ0n) is 27.3. The largest absolute Gasteiger partial charge is 0.490 e. The van der Waals surface area contributed by atoms with Gasteiger partial charge in [0.2, 0.25) is 0 Å². The van der Waals surface area contributed by atoms with Crippen molar-refractivity contribution >= 4 is 35.0 Å². The van der Waals surface area contributed by atoms with Crippen molar-refractivity contribution in [2.75, 3.05) is 44.6 Å². The number of fused-ring (bicyclic) bond motifs is 3. The average Bonchev–Trinajstić information content (AvgIpc) is 3.25. The van der Waals surface area contributed by atoms with E-state index in [-0.39, 0.29) is 17.5 Å². The average molecular weight is 674 g/mol. The van der Waals surface area contributed by atoms with Crippen molar-refractivity contribution in [2.24, 2.45) is 17.8 Å². The van der Waals surface area contributed by atoms with E-state index in [4.69, 9.17) is 25.8 Å². The van der Waals surface area contributed by atoms with Crippen LogP contribution in [0.25, 0.3) is 0 Å². The van der Waals surface area contributed by atoms with Crippen molar-refractivity contribution < 1.29 is 19.0 Å². The van der Waals surface area contributed by atoms with Crippen molar-refractivity contribution in [1.82, 2.24) is 9.97 Å². The van der Waals surface area contributed by atoms with Crippen LogP contribution in [0.2, 0.25) is 5.02 Å². The molecule has 1 spiro atoms. The second-order valence-corrected chi connectivity index (χ2v) is 15.1. The molecular weight excluding hydrogens is 630 g/mol. The number of rotatable bonds is 9.